The number of benzene rings is 1. The van der Waals surface area contributed by atoms with Crippen molar-refractivity contribution in [3.8, 4) is 5.88 Å². The predicted octanol–water partition coefficient (Wildman–Crippen LogP) is 3.05. The summed E-state index contributed by atoms with van der Waals surface area (Å²) in [6.07, 6.45) is 6.43. The van der Waals surface area contributed by atoms with Crippen molar-refractivity contribution in [2.75, 3.05) is 5.32 Å². The van der Waals surface area contributed by atoms with Crippen molar-refractivity contribution in [1.82, 2.24) is 19.7 Å². The molecule has 154 valence electrons. The Balaban J connectivity index is 1.42. The van der Waals surface area contributed by atoms with Crippen LogP contribution in [0.15, 0.2) is 39.9 Å². The third kappa shape index (κ3) is 3.67. The van der Waals surface area contributed by atoms with Gasteiger partial charge in [0.05, 0.1) is 23.2 Å². The molecule has 2 fully saturated rings. The Morgan fingerprint density at radius 2 is 2.00 bits per heavy atom. The van der Waals surface area contributed by atoms with Gasteiger partial charge in [-0.15, -0.1) is 5.10 Å². The number of rotatable bonds is 5. The van der Waals surface area contributed by atoms with Crippen LogP contribution in [-0.4, -0.2) is 31.8 Å². The van der Waals surface area contributed by atoms with Crippen molar-refractivity contribution in [2.24, 2.45) is 5.41 Å². The van der Waals surface area contributed by atoms with Crippen LogP contribution in [0.5, 0.6) is 5.88 Å². The van der Waals surface area contributed by atoms with Gasteiger partial charge >= 0.3 is 0 Å². The largest absolute Gasteiger partial charge is 0.473 e. The lowest BCUT2D eigenvalue weighted by atomic mass is 9.79. The minimum atomic E-state index is -0.614. The van der Waals surface area contributed by atoms with E-state index in [1.54, 1.807) is 18.2 Å². The first-order valence-electron chi connectivity index (χ1n) is 9.55. The maximum Gasteiger partial charge on any atom is 0.275 e. The first-order valence-corrected chi connectivity index (χ1v) is 10.3. The summed E-state index contributed by atoms with van der Waals surface area (Å²) in [5.74, 6) is -0.895. The Bertz CT molecular complexity index is 1200. The molecule has 0 bridgehead atoms. The molecule has 2 aliphatic rings. The molecule has 0 radical (unpaired) electrons. The molecule has 2 heterocycles. The number of hydrogen-bond donors (Lipinski definition) is 1. The van der Waals surface area contributed by atoms with E-state index in [0.717, 1.165) is 34.4 Å². The van der Waals surface area contributed by atoms with E-state index in [2.05, 4.69) is 36.3 Å². The van der Waals surface area contributed by atoms with Gasteiger partial charge in [0.25, 0.3) is 5.56 Å². The highest BCUT2D eigenvalue weighted by molar-refractivity contribution is 9.10. The fourth-order valence-corrected chi connectivity index (χ4v) is 4.19. The quantitative estimate of drug-likeness (QED) is 0.611. The third-order valence-electron chi connectivity index (χ3n) is 5.61. The van der Waals surface area contributed by atoms with Gasteiger partial charge in [-0.25, -0.2) is 19.0 Å². The van der Waals surface area contributed by atoms with Gasteiger partial charge in [-0.3, -0.25) is 14.9 Å². The maximum absolute atomic E-state index is 12.9. The van der Waals surface area contributed by atoms with Crippen molar-refractivity contribution >= 4 is 38.6 Å². The van der Waals surface area contributed by atoms with Crippen LogP contribution in [0, 0.1) is 11.2 Å². The van der Waals surface area contributed by atoms with Gasteiger partial charge in [-0.2, -0.15) is 0 Å². The molecule has 0 atom stereocenters. The molecular weight excluding hydrogens is 457 g/mol. The Morgan fingerprint density at radius 3 is 2.70 bits per heavy atom. The van der Waals surface area contributed by atoms with Gasteiger partial charge in [0.2, 0.25) is 17.7 Å². The number of carbonyl (C=O) groups is 1. The van der Waals surface area contributed by atoms with Crippen LogP contribution in [0.3, 0.4) is 0 Å². The lowest BCUT2D eigenvalue weighted by Gasteiger charge is -2.35. The molecular formula is C20H17BrFN5O3. The summed E-state index contributed by atoms with van der Waals surface area (Å²) in [4.78, 5) is 32.6. The van der Waals surface area contributed by atoms with E-state index in [1.165, 1.54) is 12.8 Å². The summed E-state index contributed by atoms with van der Waals surface area (Å²) < 4.78 is 20.9. The van der Waals surface area contributed by atoms with E-state index in [1.807, 2.05) is 0 Å². The van der Waals surface area contributed by atoms with E-state index >= 15 is 0 Å². The zero-order chi connectivity index (χ0) is 20.9. The van der Waals surface area contributed by atoms with Gasteiger partial charge in [0.15, 0.2) is 5.82 Å². The van der Waals surface area contributed by atoms with Gasteiger partial charge in [0, 0.05) is 4.47 Å². The number of aromatic nitrogens is 4. The molecule has 5 rings (SSSR count). The second-order valence-corrected chi connectivity index (χ2v) is 8.79. The zero-order valence-corrected chi connectivity index (χ0v) is 17.4. The average molecular weight is 474 g/mol. The van der Waals surface area contributed by atoms with Gasteiger partial charge in [-0.05, 0) is 49.3 Å². The minimum Gasteiger partial charge on any atom is -0.473 e. The normalized spacial score (nSPS) is 17.0. The highest BCUT2D eigenvalue weighted by Crippen LogP contribution is 2.61. The van der Waals surface area contributed by atoms with E-state index in [4.69, 9.17) is 4.74 Å². The fourth-order valence-electron chi connectivity index (χ4n) is 3.83. The molecule has 8 nitrogen and oxygen atoms in total. The Morgan fingerprint density at radius 1 is 1.27 bits per heavy atom. The van der Waals surface area contributed by atoms with Crippen molar-refractivity contribution in [1.29, 1.82) is 0 Å². The highest BCUT2D eigenvalue weighted by atomic mass is 79.9. The second-order valence-electron chi connectivity index (χ2n) is 7.88. The van der Waals surface area contributed by atoms with E-state index in [0.29, 0.717) is 22.1 Å². The topological polar surface area (TPSA) is 99.0 Å². The van der Waals surface area contributed by atoms with Crippen molar-refractivity contribution in [3.63, 3.8) is 0 Å². The van der Waals surface area contributed by atoms with E-state index in [-0.39, 0.29) is 18.6 Å². The summed E-state index contributed by atoms with van der Waals surface area (Å²) in [5, 5.41) is 7.77. The van der Waals surface area contributed by atoms with Gasteiger partial charge in [-0.1, -0.05) is 15.9 Å². The number of nitrogens with zero attached hydrogens (tertiary/aromatic N) is 4. The monoisotopic (exact) mass is 473 g/mol. The molecule has 0 saturated heterocycles. The van der Waals surface area contributed by atoms with Crippen LogP contribution in [-0.2, 0) is 11.3 Å². The predicted molar refractivity (Wildman–Crippen MR) is 110 cm³/mol. The summed E-state index contributed by atoms with van der Waals surface area (Å²) >= 11 is 3.42. The van der Waals surface area contributed by atoms with Crippen LogP contribution in [0.25, 0.3) is 10.8 Å². The van der Waals surface area contributed by atoms with Crippen molar-refractivity contribution < 1.29 is 13.9 Å². The molecule has 10 heteroatoms. The average Bonchev–Trinajstić information content (AvgIpc) is 3.48. The molecule has 0 unspecified atom stereocenters. The number of anilines is 1. The molecule has 3 aromatic rings. The first-order chi connectivity index (χ1) is 14.4. The lowest BCUT2D eigenvalue weighted by molar-refractivity contribution is -0.117. The molecule has 2 saturated carbocycles. The SMILES string of the molecule is O=C(Cn1nc(OC2CC3(CC3)C2)c2cc(Br)ccc2c1=O)Nc1ncc(F)cn1. The van der Waals surface area contributed by atoms with Crippen LogP contribution in [0.1, 0.15) is 25.7 Å². The van der Waals surface area contributed by atoms with Crippen molar-refractivity contribution in [3.05, 3.63) is 51.2 Å². The fraction of sp³-hybridized carbons (Fsp3) is 0.350. The number of ether oxygens (including phenoxy) is 1. The number of fused-ring (bicyclic) bond motifs is 1. The van der Waals surface area contributed by atoms with Crippen molar-refractivity contribution in [2.45, 2.75) is 38.3 Å². The standard InChI is InChI=1S/C20H17BrFN5O3/c21-11-1-2-14-15(5-11)17(30-13-6-20(7-13)3-4-20)26-27(18(14)29)10-16(28)25-19-23-8-12(22)9-24-19/h1-2,5,8-9,13H,3-4,6-7,10H2,(H,23,24,25,28). The lowest BCUT2D eigenvalue weighted by Crippen LogP contribution is -2.36. The molecule has 1 amide bonds. The Kier molecular flexibility index (Phi) is 4.53. The van der Waals surface area contributed by atoms with Crippen LogP contribution in [0.2, 0.25) is 0 Å². The second kappa shape index (κ2) is 7.12. The molecule has 1 aromatic carbocycles. The maximum atomic E-state index is 12.9. The molecule has 1 N–H and O–H groups in total. The summed E-state index contributed by atoms with van der Waals surface area (Å²) in [6.45, 7) is -0.351. The summed E-state index contributed by atoms with van der Waals surface area (Å²) in [6, 6.07) is 5.23. The van der Waals surface area contributed by atoms with Crippen LogP contribution in [0.4, 0.5) is 10.3 Å². The van der Waals surface area contributed by atoms with Crippen LogP contribution < -0.4 is 15.6 Å². The number of amides is 1. The van der Waals surface area contributed by atoms with Gasteiger partial charge < -0.3 is 4.74 Å². The number of carbonyl (C=O) groups excluding carboxylic acids is 1. The third-order valence-corrected chi connectivity index (χ3v) is 6.10. The minimum absolute atomic E-state index is 0.0557. The number of halogens is 2. The Hall–Kier alpha value is -2.88. The number of nitrogens with one attached hydrogen (secondary N) is 1. The first kappa shape index (κ1) is 19.1. The molecule has 30 heavy (non-hydrogen) atoms. The molecule has 2 aromatic heterocycles. The number of hydrogen-bond acceptors (Lipinski definition) is 6. The molecule has 1 spiro atoms. The molecule has 2 aliphatic carbocycles. The highest BCUT2D eigenvalue weighted by Gasteiger charge is 2.54. The zero-order valence-electron chi connectivity index (χ0n) is 15.8. The summed E-state index contributed by atoms with van der Waals surface area (Å²) in [7, 11) is 0. The van der Waals surface area contributed by atoms with Gasteiger partial charge in [0.1, 0.15) is 12.6 Å². The smallest absolute Gasteiger partial charge is 0.275 e. The molecule has 0 aliphatic heterocycles. The Labute approximate surface area is 178 Å². The van der Waals surface area contributed by atoms with Crippen LogP contribution >= 0.6 is 15.9 Å². The summed E-state index contributed by atoms with van der Waals surface area (Å²) in [5.41, 5.74) is 0.0529. The van der Waals surface area contributed by atoms with E-state index < -0.39 is 17.3 Å². The van der Waals surface area contributed by atoms with E-state index in [9.17, 15) is 14.0 Å².